The average Bonchev–Trinajstić information content (AvgIpc) is 2.35. The molecular weight excluding hydrogens is 210 g/mol. The molecule has 0 unspecified atom stereocenters. The van der Waals surface area contributed by atoms with Crippen molar-refractivity contribution in [3.63, 3.8) is 0 Å². The Morgan fingerprint density at radius 2 is 2.64 bits per heavy atom. The molecular formula is C6H8BrN3O. The summed E-state index contributed by atoms with van der Waals surface area (Å²) in [7, 11) is 1.80. The van der Waals surface area contributed by atoms with Gasteiger partial charge >= 0.3 is 0 Å². The molecule has 1 aromatic heterocycles. The molecule has 0 aliphatic carbocycles. The fourth-order valence-electron chi connectivity index (χ4n) is 0.680. The highest BCUT2D eigenvalue weighted by atomic mass is 79.9. The topological polar surface area (TPSA) is 46.9 Å². The van der Waals surface area contributed by atoms with Crippen molar-refractivity contribution in [3.05, 3.63) is 12.4 Å². The van der Waals surface area contributed by atoms with Crippen LogP contribution in [0.3, 0.4) is 0 Å². The lowest BCUT2D eigenvalue weighted by atomic mass is 10.5. The molecule has 0 aliphatic heterocycles. The van der Waals surface area contributed by atoms with Crippen molar-refractivity contribution in [1.29, 1.82) is 0 Å². The summed E-state index contributed by atoms with van der Waals surface area (Å²) in [6.45, 7) is 0. The van der Waals surface area contributed by atoms with Gasteiger partial charge in [0.15, 0.2) is 0 Å². The SMILES string of the molecule is Cn1cc(NC(=O)CBr)cn1. The second-order valence-corrected chi connectivity index (χ2v) is 2.65. The molecule has 1 heterocycles. The van der Waals surface area contributed by atoms with E-state index in [1.165, 1.54) is 0 Å². The Hall–Kier alpha value is -0.840. The average molecular weight is 218 g/mol. The van der Waals surface area contributed by atoms with E-state index in [-0.39, 0.29) is 5.91 Å². The standard InChI is InChI=1S/C6H8BrN3O/c1-10-4-5(3-8-10)9-6(11)2-7/h3-4H,2H2,1H3,(H,9,11). The Balaban J connectivity index is 2.57. The van der Waals surface area contributed by atoms with E-state index in [1.54, 1.807) is 24.1 Å². The van der Waals surface area contributed by atoms with Crippen molar-refractivity contribution in [1.82, 2.24) is 9.78 Å². The number of halogens is 1. The molecule has 60 valence electrons. The Kier molecular flexibility index (Phi) is 2.64. The van der Waals surface area contributed by atoms with Crippen molar-refractivity contribution >= 4 is 27.5 Å². The number of nitrogens with one attached hydrogen (secondary N) is 1. The van der Waals surface area contributed by atoms with Gasteiger partial charge in [-0.3, -0.25) is 9.48 Å². The predicted octanol–water partition coefficient (Wildman–Crippen LogP) is 0.753. The number of hydrogen-bond donors (Lipinski definition) is 1. The van der Waals surface area contributed by atoms with Gasteiger partial charge in [-0.15, -0.1) is 0 Å². The molecule has 0 fully saturated rings. The number of hydrogen-bond acceptors (Lipinski definition) is 2. The van der Waals surface area contributed by atoms with Gasteiger partial charge in [-0.05, 0) is 0 Å². The van der Waals surface area contributed by atoms with Crippen molar-refractivity contribution in [2.45, 2.75) is 0 Å². The highest BCUT2D eigenvalue weighted by Crippen LogP contribution is 2.02. The summed E-state index contributed by atoms with van der Waals surface area (Å²) in [6, 6.07) is 0. The number of rotatable bonds is 2. The fourth-order valence-corrected chi connectivity index (χ4v) is 0.820. The molecule has 1 amide bonds. The van der Waals surface area contributed by atoms with Crippen LogP contribution in [0.25, 0.3) is 0 Å². The van der Waals surface area contributed by atoms with Gasteiger partial charge in [0.2, 0.25) is 5.91 Å². The molecule has 0 radical (unpaired) electrons. The van der Waals surface area contributed by atoms with E-state index in [2.05, 4.69) is 26.3 Å². The van der Waals surface area contributed by atoms with E-state index < -0.39 is 0 Å². The van der Waals surface area contributed by atoms with Crippen molar-refractivity contribution in [2.24, 2.45) is 7.05 Å². The molecule has 0 aromatic carbocycles. The first-order valence-electron chi connectivity index (χ1n) is 3.07. The van der Waals surface area contributed by atoms with E-state index >= 15 is 0 Å². The number of anilines is 1. The summed E-state index contributed by atoms with van der Waals surface area (Å²) in [4.78, 5) is 10.8. The highest BCUT2D eigenvalue weighted by molar-refractivity contribution is 9.09. The van der Waals surface area contributed by atoms with Crippen molar-refractivity contribution < 1.29 is 4.79 Å². The molecule has 1 rings (SSSR count). The molecule has 1 aromatic rings. The number of amides is 1. The van der Waals surface area contributed by atoms with Gasteiger partial charge in [0.05, 0.1) is 17.2 Å². The minimum Gasteiger partial charge on any atom is -0.323 e. The summed E-state index contributed by atoms with van der Waals surface area (Å²) < 4.78 is 1.63. The van der Waals surface area contributed by atoms with Crippen LogP contribution >= 0.6 is 15.9 Å². The first-order chi connectivity index (χ1) is 5.22. The number of carbonyl (C=O) groups excluding carboxylic acids is 1. The zero-order valence-electron chi connectivity index (χ0n) is 6.04. The van der Waals surface area contributed by atoms with E-state index in [0.717, 1.165) is 5.69 Å². The van der Waals surface area contributed by atoms with Crippen LogP contribution in [-0.2, 0) is 11.8 Å². The first kappa shape index (κ1) is 8.26. The lowest BCUT2D eigenvalue weighted by molar-refractivity contribution is -0.113. The van der Waals surface area contributed by atoms with E-state index in [1.807, 2.05) is 0 Å². The van der Waals surface area contributed by atoms with Crippen LogP contribution in [0.15, 0.2) is 12.4 Å². The molecule has 0 aliphatic rings. The maximum atomic E-state index is 10.8. The summed E-state index contributed by atoms with van der Waals surface area (Å²) in [5.41, 5.74) is 0.719. The molecule has 0 bridgehead atoms. The lowest BCUT2D eigenvalue weighted by Gasteiger charge is -1.95. The van der Waals surface area contributed by atoms with Crippen LogP contribution in [0.2, 0.25) is 0 Å². The minimum atomic E-state index is -0.0713. The molecule has 0 saturated heterocycles. The number of alkyl halides is 1. The van der Waals surface area contributed by atoms with Crippen LogP contribution in [0.1, 0.15) is 0 Å². The summed E-state index contributed by atoms with van der Waals surface area (Å²) >= 11 is 3.04. The fraction of sp³-hybridized carbons (Fsp3) is 0.333. The monoisotopic (exact) mass is 217 g/mol. The van der Waals surface area contributed by atoms with Gasteiger partial charge in [-0.2, -0.15) is 5.10 Å². The van der Waals surface area contributed by atoms with Gasteiger partial charge in [0.25, 0.3) is 0 Å². The van der Waals surface area contributed by atoms with Gasteiger partial charge < -0.3 is 5.32 Å². The van der Waals surface area contributed by atoms with E-state index in [9.17, 15) is 4.79 Å². The Labute approximate surface area is 72.7 Å². The summed E-state index contributed by atoms with van der Waals surface area (Å²) in [6.07, 6.45) is 3.33. The van der Waals surface area contributed by atoms with Crippen LogP contribution in [0, 0.1) is 0 Å². The number of aryl methyl sites for hydroxylation is 1. The third-order valence-corrected chi connectivity index (χ3v) is 1.62. The molecule has 4 nitrogen and oxygen atoms in total. The van der Waals surface area contributed by atoms with Crippen molar-refractivity contribution in [2.75, 3.05) is 10.6 Å². The van der Waals surface area contributed by atoms with Crippen molar-refractivity contribution in [3.8, 4) is 0 Å². The molecule has 0 saturated carbocycles. The quantitative estimate of drug-likeness (QED) is 0.744. The third kappa shape index (κ3) is 2.34. The largest absolute Gasteiger partial charge is 0.323 e. The van der Waals surface area contributed by atoms with Crippen LogP contribution in [0.5, 0.6) is 0 Å². The van der Waals surface area contributed by atoms with E-state index in [4.69, 9.17) is 0 Å². The van der Waals surface area contributed by atoms with Gasteiger partial charge in [-0.25, -0.2) is 0 Å². The maximum Gasteiger partial charge on any atom is 0.235 e. The Morgan fingerprint density at radius 3 is 3.09 bits per heavy atom. The predicted molar refractivity (Wildman–Crippen MR) is 45.6 cm³/mol. The second kappa shape index (κ2) is 3.52. The van der Waals surface area contributed by atoms with Gasteiger partial charge in [0, 0.05) is 13.2 Å². The molecule has 0 atom stereocenters. The number of nitrogens with zero attached hydrogens (tertiary/aromatic N) is 2. The minimum absolute atomic E-state index is 0.0713. The highest BCUT2D eigenvalue weighted by Gasteiger charge is 1.99. The van der Waals surface area contributed by atoms with Gasteiger partial charge in [0.1, 0.15) is 0 Å². The smallest absolute Gasteiger partial charge is 0.235 e. The Bertz CT molecular complexity index is 258. The second-order valence-electron chi connectivity index (χ2n) is 2.08. The van der Waals surface area contributed by atoms with Gasteiger partial charge in [-0.1, -0.05) is 15.9 Å². The zero-order chi connectivity index (χ0) is 8.27. The summed E-state index contributed by atoms with van der Waals surface area (Å²) in [5.74, 6) is -0.0713. The van der Waals surface area contributed by atoms with Crippen LogP contribution in [-0.4, -0.2) is 21.0 Å². The first-order valence-corrected chi connectivity index (χ1v) is 4.19. The number of aromatic nitrogens is 2. The summed E-state index contributed by atoms with van der Waals surface area (Å²) in [5, 5.41) is 6.84. The maximum absolute atomic E-state index is 10.8. The zero-order valence-corrected chi connectivity index (χ0v) is 7.63. The third-order valence-electron chi connectivity index (χ3n) is 1.11. The molecule has 0 spiro atoms. The lowest BCUT2D eigenvalue weighted by Crippen LogP contribution is -2.11. The molecule has 11 heavy (non-hydrogen) atoms. The Morgan fingerprint density at radius 1 is 1.91 bits per heavy atom. The normalized spacial score (nSPS) is 9.64. The molecule has 5 heteroatoms. The van der Waals surface area contributed by atoms with E-state index in [0.29, 0.717) is 5.33 Å². The number of carbonyl (C=O) groups is 1. The molecule has 1 N–H and O–H groups in total. The van der Waals surface area contributed by atoms with Crippen LogP contribution < -0.4 is 5.32 Å². The van der Waals surface area contributed by atoms with Crippen LogP contribution in [0.4, 0.5) is 5.69 Å².